The van der Waals surface area contributed by atoms with Gasteiger partial charge < -0.3 is 14.2 Å². The zero-order valence-corrected chi connectivity index (χ0v) is 10.0. The topological polar surface area (TPSA) is 27.7 Å². The minimum Gasteiger partial charge on any atom is -0.380 e. The lowest BCUT2D eigenvalue weighted by Crippen LogP contribution is -2.65. The molecule has 0 bridgehead atoms. The van der Waals surface area contributed by atoms with E-state index in [1.54, 1.807) is 7.11 Å². The predicted molar refractivity (Wildman–Crippen MR) is 57.9 cm³/mol. The third-order valence-corrected chi connectivity index (χ3v) is 4.27. The highest BCUT2D eigenvalue weighted by Gasteiger charge is 2.57. The van der Waals surface area contributed by atoms with E-state index in [0.717, 1.165) is 39.1 Å². The van der Waals surface area contributed by atoms with Crippen molar-refractivity contribution in [3.63, 3.8) is 0 Å². The highest BCUT2D eigenvalue weighted by molar-refractivity contribution is 5.05. The summed E-state index contributed by atoms with van der Waals surface area (Å²) < 4.78 is 17.0. The molecule has 2 atom stereocenters. The maximum Gasteiger partial charge on any atom is 0.0969 e. The molecule has 15 heavy (non-hydrogen) atoms. The van der Waals surface area contributed by atoms with Gasteiger partial charge in [0.05, 0.1) is 31.5 Å². The van der Waals surface area contributed by atoms with E-state index in [1.807, 2.05) is 0 Å². The first-order chi connectivity index (χ1) is 7.23. The van der Waals surface area contributed by atoms with Crippen LogP contribution in [0.3, 0.4) is 0 Å². The molecule has 2 aliphatic heterocycles. The van der Waals surface area contributed by atoms with E-state index in [2.05, 4.69) is 13.8 Å². The summed E-state index contributed by atoms with van der Waals surface area (Å²) in [7, 11) is 1.81. The summed E-state index contributed by atoms with van der Waals surface area (Å²) in [6.07, 6.45) is 3.47. The van der Waals surface area contributed by atoms with Gasteiger partial charge in [0.15, 0.2) is 0 Å². The molecule has 0 saturated carbocycles. The van der Waals surface area contributed by atoms with Gasteiger partial charge in [-0.1, -0.05) is 13.8 Å². The number of hydrogen-bond donors (Lipinski definition) is 0. The van der Waals surface area contributed by atoms with Gasteiger partial charge in [0.2, 0.25) is 0 Å². The highest BCUT2D eigenvalue weighted by Crippen LogP contribution is 2.47. The molecule has 0 radical (unpaired) electrons. The van der Waals surface area contributed by atoms with Gasteiger partial charge in [-0.05, 0) is 12.8 Å². The van der Waals surface area contributed by atoms with Gasteiger partial charge in [0.1, 0.15) is 0 Å². The fourth-order valence-electron chi connectivity index (χ4n) is 2.96. The Bertz CT molecular complexity index is 186. The second kappa shape index (κ2) is 4.04. The van der Waals surface area contributed by atoms with E-state index < -0.39 is 0 Å². The molecular weight excluding hydrogens is 192 g/mol. The zero-order valence-electron chi connectivity index (χ0n) is 10.0. The van der Waals surface area contributed by atoms with Crippen LogP contribution in [0.5, 0.6) is 0 Å². The third-order valence-electron chi connectivity index (χ3n) is 4.27. The van der Waals surface area contributed by atoms with Gasteiger partial charge in [0, 0.05) is 18.9 Å². The molecule has 2 unspecified atom stereocenters. The van der Waals surface area contributed by atoms with Crippen molar-refractivity contribution >= 4 is 0 Å². The smallest absolute Gasteiger partial charge is 0.0969 e. The van der Waals surface area contributed by atoms with Gasteiger partial charge >= 0.3 is 0 Å². The minimum atomic E-state index is -0.0332. The Kier molecular flexibility index (Phi) is 3.06. The highest BCUT2D eigenvalue weighted by atomic mass is 16.6. The Morgan fingerprint density at radius 2 is 1.93 bits per heavy atom. The van der Waals surface area contributed by atoms with Crippen molar-refractivity contribution in [2.75, 3.05) is 26.9 Å². The molecule has 0 aromatic heterocycles. The van der Waals surface area contributed by atoms with Gasteiger partial charge in [-0.25, -0.2) is 0 Å². The van der Waals surface area contributed by atoms with Gasteiger partial charge in [-0.3, -0.25) is 0 Å². The van der Waals surface area contributed by atoms with E-state index in [4.69, 9.17) is 14.2 Å². The number of rotatable bonds is 5. The normalized spacial score (nSPS) is 35.4. The van der Waals surface area contributed by atoms with Crippen LogP contribution in [-0.2, 0) is 14.2 Å². The first-order valence-corrected chi connectivity index (χ1v) is 5.97. The molecule has 2 saturated heterocycles. The van der Waals surface area contributed by atoms with Gasteiger partial charge in [-0.15, -0.1) is 0 Å². The van der Waals surface area contributed by atoms with Gasteiger partial charge in [-0.2, -0.15) is 0 Å². The average molecular weight is 214 g/mol. The summed E-state index contributed by atoms with van der Waals surface area (Å²) >= 11 is 0. The lowest BCUT2D eigenvalue weighted by atomic mass is 9.67. The molecule has 3 heteroatoms. The fourth-order valence-corrected chi connectivity index (χ4v) is 2.96. The van der Waals surface area contributed by atoms with Crippen molar-refractivity contribution in [1.82, 2.24) is 0 Å². The summed E-state index contributed by atoms with van der Waals surface area (Å²) in [5, 5.41) is 0. The van der Waals surface area contributed by atoms with Crippen LogP contribution in [0.4, 0.5) is 0 Å². The maximum absolute atomic E-state index is 5.82. The minimum absolute atomic E-state index is 0.0332. The van der Waals surface area contributed by atoms with Crippen molar-refractivity contribution in [3.05, 3.63) is 0 Å². The third kappa shape index (κ3) is 1.52. The van der Waals surface area contributed by atoms with E-state index in [1.165, 1.54) is 0 Å². The van der Waals surface area contributed by atoms with Crippen LogP contribution >= 0.6 is 0 Å². The Morgan fingerprint density at radius 1 is 1.27 bits per heavy atom. The molecule has 0 aliphatic carbocycles. The van der Waals surface area contributed by atoms with Crippen LogP contribution in [0.15, 0.2) is 0 Å². The van der Waals surface area contributed by atoms with Crippen LogP contribution in [0, 0.1) is 5.41 Å². The molecule has 3 nitrogen and oxygen atoms in total. The lowest BCUT2D eigenvalue weighted by Gasteiger charge is -2.56. The first-order valence-electron chi connectivity index (χ1n) is 5.97. The van der Waals surface area contributed by atoms with Crippen molar-refractivity contribution in [2.24, 2.45) is 5.41 Å². The van der Waals surface area contributed by atoms with Crippen LogP contribution < -0.4 is 0 Å². The summed E-state index contributed by atoms with van der Waals surface area (Å²) in [6.45, 7) is 6.94. The standard InChI is InChI=1S/C12H22O3/c1-4-11(8-14-9-11)10(13-3)12(5-2)6-7-15-12/h10H,4-9H2,1-3H3. The number of ether oxygens (including phenoxy) is 3. The van der Waals surface area contributed by atoms with Crippen molar-refractivity contribution in [3.8, 4) is 0 Å². The molecule has 0 spiro atoms. The molecule has 0 aromatic carbocycles. The fraction of sp³-hybridized carbons (Fsp3) is 1.00. The van der Waals surface area contributed by atoms with Crippen LogP contribution in [0.25, 0.3) is 0 Å². The van der Waals surface area contributed by atoms with Gasteiger partial charge in [0.25, 0.3) is 0 Å². The van der Waals surface area contributed by atoms with E-state index in [0.29, 0.717) is 0 Å². The Hall–Kier alpha value is -0.120. The number of methoxy groups -OCH3 is 1. The maximum atomic E-state index is 5.82. The molecule has 0 aromatic rings. The molecule has 2 aliphatic rings. The average Bonchev–Trinajstić information content (AvgIpc) is 2.13. The van der Waals surface area contributed by atoms with Crippen molar-refractivity contribution in [2.45, 2.75) is 44.8 Å². The molecule has 2 heterocycles. The molecule has 0 N–H and O–H groups in total. The Labute approximate surface area is 92.1 Å². The van der Waals surface area contributed by atoms with Crippen LogP contribution in [0.2, 0.25) is 0 Å². The predicted octanol–water partition coefficient (Wildman–Crippen LogP) is 2.00. The quantitative estimate of drug-likeness (QED) is 0.700. The van der Waals surface area contributed by atoms with E-state index in [9.17, 15) is 0 Å². The summed E-state index contributed by atoms with van der Waals surface area (Å²) in [5.41, 5.74) is 0.166. The lowest BCUT2D eigenvalue weighted by molar-refractivity contribution is -0.285. The summed E-state index contributed by atoms with van der Waals surface area (Å²) in [5.74, 6) is 0. The molecule has 0 amide bonds. The zero-order chi connectivity index (χ0) is 10.9. The molecule has 2 fully saturated rings. The molecular formula is C12H22O3. The Morgan fingerprint density at radius 3 is 2.13 bits per heavy atom. The SMILES string of the molecule is CCC1(C(OC)C2(CC)CCO2)COC1. The largest absolute Gasteiger partial charge is 0.380 e. The first kappa shape index (κ1) is 11.4. The monoisotopic (exact) mass is 214 g/mol. The molecule has 2 rings (SSSR count). The van der Waals surface area contributed by atoms with Crippen LogP contribution in [0.1, 0.15) is 33.1 Å². The second-order valence-electron chi connectivity index (χ2n) is 4.84. The summed E-state index contributed by atoms with van der Waals surface area (Å²) in [6, 6.07) is 0. The second-order valence-corrected chi connectivity index (χ2v) is 4.84. The Balaban J connectivity index is 2.15. The van der Waals surface area contributed by atoms with Crippen LogP contribution in [-0.4, -0.2) is 38.6 Å². The summed E-state index contributed by atoms with van der Waals surface area (Å²) in [4.78, 5) is 0. The van der Waals surface area contributed by atoms with E-state index in [-0.39, 0.29) is 17.1 Å². The van der Waals surface area contributed by atoms with Crippen molar-refractivity contribution in [1.29, 1.82) is 0 Å². The van der Waals surface area contributed by atoms with Crippen molar-refractivity contribution < 1.29 is 14.2 Å². The van der Waals surface area contributed by atoms with E-state index >= 15 is 0 Å². The molecule has 88 valence electrons. The number of hydrogen-bond acceptors (Lipinski definition) is 3.